The van der Waals surface area contributed by atoms with Crippen LogP contribution in [0.4, 0.5) is 0 Å². The van der Waals surface area contributed by atoms with Crippen LogP contribution < -0.4 is 27.4 Å². The Bertz CT molecular complexity index is 608. The van der Waals surface area contributed by atoms with Gasteiger partial charge in [0.25, 0.3) is 0 Å². The SMILES string of the molecule is CC(C)CC(NC(=O)C(NC(=O)CN)C(C)C)C(=O)NC(CCC(N)=O)C(=O)O. The third-order valence-electron chi connectivity index (χ3n) is 4.09. The maximum Gasteiger partial charge on any atom is 0.326 e. The summed E-state index contributed by atoms with van der Waals surface area (Å²) in [5, 5.41) is 16.7. The summed E-state index contributed by atoms with van der Waals surface area (Å²) in [5.74, 6) is -4.05. The molecule has 0 aliphatic heterocycles. The minimum atomic E-state index is -1.32. The van der Waals surface area contributed by atoms with Gasteiger partial charge in [-0.3, -0.25) is 19.2 Å². The number of primary amides is 1. The van der Waals surface area contributed by atoms with Crippen molar-refractivity contribution in [1.82, 2.24) is 16.0 Å². The number of carbonyl (C=O) groups excluding carboxylic acids is 4. The first-order valence-electron chi connectivity index (χ1n) is 9.50. The Kier molecular flexibility index (Phi) is 11.5. The summed E-state index contributed by atoms with van der Waals surface area (Å²) >= 11 is 0. The fraction of sp³-hybridized carbons (Fsp3) is 0.722. The molecule has 0 heterocycles. The van der Waals surface area contributed by atoms with Crippen LogP contribution in [-0.4, -0.2) is 59.4 Å². The van der Waals surface area contributed by atoms with E-state index in [0.717, 1.165) is 0 Å². The molecule has 0 aliphatic carbocycles. The van der Waals surface area contributed by atoms with E-state index in [1.807, 2.05) is 13.8 Å². The van der Waals surface area contributed by atoms with Crippen LogP contribution in [-0.2, 0) is 24.0 Å². The molecule has 0 aromatic heterocycles. The van der Waals surface area contributed by atoms with Crippen molar-refractivity contribution in [2.24, 2.45) is 23.3 Å². The van der Waals surface area contributed by atoms with Crippen molar-refractivity contribution in [1.29, 1.82) is 0 Å². The summed E-state index contributed by atoms with van der Waals surface area (Å²) < 4.78 is 0. The Balaban J connectivity index is 5.32. The molecule has 0 radical (unpaired) electrons. The van der Waals surface area contributed by atoms with Gasteiger partial charge in [0.2, 0.25) is 23.6 Å². The Morgan fingerprint density at radius 1 is 0.897 bits per heavy atom. The van der Waals surface area contributed by atoms with Crippen molar-refractivity contribution >= 4 is 29.6 Å². The number of hydrogen-bond acceptors (Lipinski definition) is 6. The molecule has 0 aromatic carbocycles. The zero-order chi connectivity index (χ0) is 22.7. The van der Waals surface area contributed by atoms with E-state index in [4.69, 9.17) is 11.5 Å². The molecule has 11 nitrogen and oxygen atoms in total. The summed E-state index contributed by atoms with van der Waals surface area (Å²) in [6, 6.07) is -3.24. The molecular formula is C18H33N5O6. The summed E-state index contributed by atoms with van der Waals surface area (Å²) in [4.78, 5) is 59.1. The number of nitrogens with two attached hydrogens (primary N) is 2. The second-order valence-corrected chi connectivity index (χ2v) is 7.59. The van der Waals surface area contributed by atoms with Crippen molar-refractivity contribution in [3.8, 4) is 0 Å². The number of hydrogen-bond donors (Lipinski definition) is 6. The number of carboxylic acids is 1. The van der Waals surface area contributed by atoms with Crippen molar-refractivity contribution in [3.05, 3.63) is 0 Å². The Labute approximate surface area is 170 Å². The smallest absolute Gasteiger partial charge is 0.326 e. The minimum absolute atomic E-state index is 0.0103. The molecule has 3 unspecified atom stereocenters. The lowest BCUT2D eigenvalue weighted by Gasteiger charge is -2.27. The van der Waals surface area contributed by atoms with Gasteiger partial charge in [0.15, 0.2) is 0 Å². The van der Waals surface area contributed by atoms with Crippen molar-refractivity contribution < 1.29 is 29.1 Å². The first kappa shape index (κ1) is 26.3. The summed E-state index contributed by atoms with van der Waals surface area (Å²) in [7, 11) is 0. The van der Waals surface area contributed by atoms with Crippen LogP contribution in [0.1, 0.15) is 47.0 Å². The molecule has 8 N–H and O–H groups in total. The molecule has 3 atom stereocenters. The van der Waals surface area contributed by atoms with Crippen LogP contribution in [0.15, 0.2) is 0 Å². The highest BCUT2D eigenvalue weighted by Crippen LogP contribution is 2.09. The summed E-state index contributed by atoms with van der Waals surface area (Å²) in [5.41, 5.74) is 10.3. The second kappa shape index (κ2) is 12.7. The van der Waals surface area contributed by atoms with E-state index in [2.05, 4.69) is 16.0 Å². The lowest BCUT2D eigenvalue weighted by molar-refractivity contribution is -0.142. The zero-order valence-corrected chi connectivity index (χ0v) is 17.4. The number of carbonyl (C=O) groups is 5. The monoisotopic (exact) mass is 415 g/mol. The van der Waals surface area contributed by atoms with Gasteiger partial charge in [0, 0.05) is 6.42 Å². The van der Waals surface area contributed by atoms with E-state index in [-0.39, 0.29) is 37.6 Å². The number of rotatable bonds is 13. The van der Waals surface area contributed by atoms with Crippen LogP contribution in [0.3, 0.4) is 0 Å². The Morgan fingerprint density at radius 3 is 1.86 bits per heavy atom. The van der Waals surface area contributed by atoms with E-state index < -0.39 is 47.7 Å². The Morgan fingerprint density at radius 2 is 1.45 bits per heavy atom. The molecule has 29 heavy (non-hydrogen) atoms. The highest BCUT2D eigenvalue weighted by Gasteiger charge is 2.31. The molecule has 166 valence electrons. The molecule has 0 bridgehead atoms. The number of aliphatic carboxylic acids is 1. The molecular weight excluding hydrogens is 382 g/mol. The fourth-order valence-corrected chi connectivity index (χ4v) is 2.55. The lowest BCUT2D eigenvalue weighted by Crippen LogP contribution is -2.57. The van der Waals surface area contributed by atoms with Gasteiger partial charge in [-0.15, -0.1) is 0 Å². The van der Waals surface area contributed by atoms with Crippen molar-refractivity contribution in [2.75, 3.05) is 6.54 Å². The molecule has 0 aromatic rings. The fourth-order valence-electron chi connectivity index (χ4n) is 2.55. The summed E-state index contributed by atoms with van der Waals surface area (Å²) in [6.07, 6.45) is -0.131. The van der Waals surface area contributed by atoms with Crippen LogP contribution in [0.25, 0.3) is 0 Å². The minimum Gasteiger partial charge on any atom is -0.480 e. The maximum absolute atomic E-state index is 12.6. The maximum atomic E-state index is 12.6. The topological polar surface area (TPSA) is 194 Å². The normalized spacial score (nSPS) is 14.0. The van der Waals surface area contributed by atoms with Gasteiger partial charge in [-0.1, -0.05) is 27.7 Å². The molecule has 4 amide bonds. The number of amides is 4. The molecule has 0 spiro atoms. The van der Waals surface area contributed by atoms with Crippen LogP contribution in [0.5, 0.6) is 0 Å². The average Bonchev–Trinajstić information content (AvgIpc) is 2.60. The summed E-state index contributed by atoms with van der Waals surface area (Å²) in [6.45, 7) is 6.84. The standard InChI is InChI=1S/C18H33N5O6/c1-9(2)7-12(16(26)21-11(18(28)29)5-6-13(20)24)22-17(27)15(10(3)4)23-14(25)8-19/h9-12,15H,5-8,19H2,1-4H3,(H2,20,24)(H,21,26)(H,22,27)(H,23,25)(H,28,29). The van der Waals surface area contributed by atoms with Gasteiger partial charge in [0.1, 0.15) is 18.1 Å². The van der Waals surface area contributed by atoms with Crippen LogP contribution in [0.2, 0.25) is 0 Å². The van der Waals surface area contributed by atoms with Crippen LogP contribution in [0, 0.1) is 11.8 Å². The van der Waals surface area contributed by atoms with Gasteiger partial charge in [0.05, 0.1) is 6.54 Å². The number of carboxylic acid groups (broad SMARTS) is 1. The van der Waals surface area contributed by atoms with E-state index in [1.54, 1.807) is 13.8 Å². The largest absolute Gasteiger partial charge is 0.480 e. The lowest BCUT2D eigenvalue weighted by atomic mass is 9.99. The van der Waals surface area contributed by atoms with E-state index in [0.29, 0.717) is 0 Å². The van der Waals surface area contributed by atoms with E-state index in [9.17, 15) is 29.1 Å². The van der Waals surface area contributed by atoms with Crippen LogP contribution >= 0.6 is 0 Å². The molecule has 0 saturated heterocycles. The van der Waals surface area contributed by atoms with Gasteiger partial charge < -0.3 is 32.5 Å². The molecule has 11 heteroatoms. The van der Waals surface area contributed by atoms with Gasteiger partial charge in [-0.25, -0.2) is 4.79 Å². The second-order valence-electron chi connectivity index (χ2n) is 7.59. The van der Waals surface area contributed by atoms with Gasteiger partial charge >= 0.3 is 5.97 Å². The van der Waals surface area contributed by atoms with Gasteiger partial charge in [-0.2, -0.15) is 0 Å². The zero-order valence-electron chi connectivity index (χ0n) is 17.4. The first-order valence-corrected chi connectivity index (χ1v) is 9.50. The quantitative estimate of drug-likeness (QED) is 0.209. The molecule has 0 rings (SSSR count). The highest BCUT2D eigenvalue weighted by molar-refractivity contribution is 5.93. The molecule has 0 fully saturated rings. The number of nitrogens with one attached hydrogen (secondary N) is 3. The predicted octanol–water partition coefficient (Wildman–Crippen LogP) is -1.55. The highest BCUT2D eigenvalue weighted by atomic mass is 16.4. The third-order valence-corrected chi connectivity index (χ3v) is 4.09. The average molecular weight is 415 g/mol. The first-order chi connectivity index (χ1) is 13.4. The Hall–Kier alpha value is -2.69. The van der Waals surface area contributed by atoms with Crippen molar-refractivity contribution in [2.45, 2.75) is 65.1 Å². The molecule has 0 saturated carbocycles. The van der Waals surface area contributed by atoms with E-state index in [1.165, 1.54) is 0 Å². The third kappa shape index (κ3) is 10.4. The predicted molar refractivity (Wildman–Crippen MR) is 105 cm³/mol. The molecule has 0 aliphatic rings. The van der Waals surface area contributed by atoms with Gasteiger partial charge in [-0.05, 0) is 24.7 Å². The van der Waals surface area contributed by atoms with Crippen molar-refractivity contribution in [3.63, 3.8) is 0 Å². The van der Waals surface area contributed by atoms with E-state index >= 15 is 0 Å².